The Kier molecular flexibility index (Phi) is 11.8. The molecule has 3 N–H and O–H groups in total. The minimum atomic E-state index is 0. The smallest absolute Gasteiger partial charge is 0.213 e. The maximum atomic E-state index is 9.49. The first kappa shape index (κ1) is 24.9. The molecule has 160 valence electrons. The molecule has 0 bridgehead atoms. The van der Waals surface area contributed by atoms with Crippen LogP contribution in [0.4, 0.5) is 0 Å². The maximum absolute atomic E-state index is 9.49. The number of aliphatic imine (C=N–C) groups is 1. The Morgan fingerprint density at radius 2 is 2.00 bits per heavy atom. The first-order valence-corrected chi connectivity index (χ1v) is 10.3. The molecule has 0 radical (unpaired) electrons. The van der Waals surface area contributed by atoms with Gasteiger partial charge in [-0.25, -0.2) is 9.98 Å². The van der Waals surface area contributed by atoms with Crippen molar-refractivity contribution < 1.29 is 9.84 Å². The molecule has 1 aliphatic carbocycles. The molecule has 0 saturated heterocycles. The first-order valence-electron chi connectivity index (χ1n) is 10.3. The zero-order chi connectivity index (χ0) is 19.5. The number of pyridine rings is 1. The molecule has 1 saturated carbocycles. The summed E-state index contributed by atoms with van der Waals surface area (Å²) in [6.07, 6.45) is 8.99. The lowest BCUT2D eigenvalue weighted by Gasteiger charge is -2.37. The van der Waals surface area contributed by atoms with E-state index in [0.29, 0.717) is 12.4 Å². The van der Waals surface area contributed by atoms with Crippen molar-refractivity contribution in [2.45, 2.75) is 71.9 Å². The fourth-order valence-electron chi connectivity index (χ4n) is 3.65. The predicted octanol–water partition coefficient (Wildman–Crippen LogP) is 3.87. The topological polar surface area (TPSA) is 78.8 Å². The Hall–Kier alpha value is -1.09. The number of rotatable bonds is 9. The maximum Gasteiger partial charge on any atom is 0.213 e. The molecule has 0 unspecified atom stereocenters. The third kappa shape index (κ3) is 8.51. The second kappa shape index (κ2) is 13.2. The number of hydrogen-bond acceptors (Lipinski definition) is 4. The number of nitrogens with zero attached hydrogens (tertiary/aromatic N) is 2. The Balaban J connectivity index is 0.00000392. The molecule has 0 atom stereocenters. The van der Waals surface area contributed by atoms with Gasteiger partial charge in [-0.15, -0.1) is 24.0 Å². The van der Waals surface area contributed by atoms with E-state index in [-0.39, 0.29) is 42.1 Å². The predicted molar refractivity (Wildman–Crippen MR) is 125 cm³/mol. The Morgan fingerprint density at radius 3 is 2.57 bits per heavy atom. The van der Waals surface area contributed by atoms with Gasteiger partial charge >= 0.3 is 0 Å². The summed E-state index contributed by atoms with van der Waals surface area (Å²) in [5, 5.41) is 16.3. The normalized spacial score (nSPS) is 16.4. The van der Waals surface area contributed by atoms with Crippen molar-refractivity contribution in [3.63, 3.8) is 0 Å². The van der Waals surface area contributed by atoms with Gasteiger partial charge in [-0.05, 0) is 51.0 Å². The lowest BCUT2D eigenvalue weighted by atomic mass is 9.72. The highest BCUT2D eigenvalue weighted by molar-refractivity contribution is 14.0. The van der Waals surface area contributed by atoms with Crippen molar-refractivity contribution >= 4 is 29.9 Å². The molecular formula is C21H37IN4O2. The summed E-state index contributed by atoms with van der Waals surface area (Å²) in [6, 6.07) is 3.90. The van der Waals surface area contributed by atoms with Gasteiger partial charge < -0.3 is 20.5 Å². The highest BCUT2D eigenvalue weighted by atomic mass is 127. The number of nitrogens with one attached hydrogen (secondary N) is 2. The Morgan fingerprint density at radius 1 is 1.25 bits per heavy atom. The summed E-state index contributed by atoms with van der Waals surface area (Å²) in [4.78, 5) is 9.04. The largest absolute Gasteiger partial charge is 0.475 e. The minimum Gasteiger partial charge on any atom is -0.475 e. The average Bonchev–Trinajstić information content (AvgIpc) is 2.66. The second-order valence-corrected chi connectivity index (χ2v) is 7.75. The zero-order valence-corrected chi connectivity index (χ0v) is 19.9. The summed E-state index contributed by atoms with van der Waals surface area (Å²) in [6.45, 7) is 8.55. The fraction of sp³-hybridized carbons (Fsp3) is 0.714. The SMILES string of the molecule is CCNC(=NCc1ccc(OC(C)C)nc1)NCC1(CCO)CCCCC1.I. The molecular weight excluding hydrogens is 467 g/mol. The molecule has 7 heteroatoms. The number of aliphatic hydroxyl groups is 1. The van der Waals surface area contributed by atoms with Crippen LogP contribution in [-0.4, -0.2) is 41.9 Å². The zero-order valence-electron chi connectivity index (χ0n) is 17.5. The van der Waals surface area contributed by atoms with Crippen LogP contribution in [-0.2, 0) is 6.54 Å². The summed E-state index contributed by atoms with van der Waals surface area (Å²) in [5.41, 5.74) is 1.24. The monoisotopic (exact) mass is 504 g/mol. The van der Waals surface area contributed by atoms with Gasteiger partial charge in [-0.1, -0.05) is 25.3 Å². The molecule has 0 aliphatic heterocycles. The van der Waals surface area contributed by atoms with E-state index in [9.17, 15) is 5.11 Å². The summed E-state index contributed by atoms with van der Waals surface area (Å²) in [5.74, 6) is 1.47. The number of aromatic nitrogens is 1. The summed E-state index contributed by atoms with van der Waals surface area (Å²) in [7, 11) is 0. The number of halogens is 1. The van der Waals surface area contributed by atoms with Crippen LogP contribution < -0.4 is 15.4 Å². The molecule has 0 amide bonds. The van der Waals surface area contributed by atoms with Gasteiger partial charge in [0, 0.05) is 32.0 Å². The van der Waals surface area contributed by atoms with E-state index in [1.807, 2.05) is 32.2 Å². The number of aliphatic hydroxyl groups excluding tert-OH is 1. The minimum absolute atomic E-state index is 0. The van der Waals surface area contributed by atoms with Crippen LogP contribution in [0.5, 0.6) is 5.88 Å². The van der Waals surface area contributed by atoms with Crippen LogP contribution in [0.1, 0.15) is 64.9 Å². The second-order valence-electron chi connectivity index (χ2n) is 7.75. The van der Waals surface area contributed by atoms with E-state index < -0.39 is 0 Å². The van der Waals surface area contributed by atoms with Crippen molar-refractivity contribution in [3.8, 4) is 5.88 Å². The van der Waals surface area contributed by atoms with E-state index >= 15 is 0 Å². The van der Waals surface area contributed by atoms with Gasteiger partial charge in [0.05, 0.1) is 12.6 Å². The van der Waals surface area contributed by atoms with E-state index in [1.165, 1.54) is 32.1 Å². The highest BCUT2D eigenvalue weighted by Gasteiger charge is 2.31. The molecule has 1 aliphatic rings. The van der Waals surface area contributed by atoms with Gasteiger partial charge in [-0.2, -0.15) is 0 Å². The molecule has 6 nitrogen and oxygen atoms in total. The number of hydrogen-bond donors (Lipinski definition) is 3. The quantitative estimate of drug-likeness (QED) is 0.270. The van der Waals surface area contributed by atoms with Crippen molar-refractivity contribution in [3.05, 3.63) is 23.9 Å². The van der Waals surface area contributed by atoms with Crippen LogP contribution in [0.3, 0.4) is 0 Å². The van der Waals surface area contributed by atoms with E-state index in [2.05, 4.69) is 22.5 Å². The first-order chi connectivity index (χ1) is 13.1. The lowest BCUT2D eigenvalue weighted by Crippen LogP contribution is -2.44. The van der Waals surface area contributed by atoms with Crippen molar-refractivity contribution in [2.75, 3.05) is 19.7 Å². The van der Waals surface area contributed by atoms with Crippen LogP contribution in [0.25, 0.3) is 0 Å². The fourth-order valence-corrected chi connectivity index (χ4v) is 3.65. The van der Waals surface area contributed by atoms with E-state index in [1.54, 1.807) is 0 Å². The average molecular weight is 504 g/mol. The van der Waals surface area contributed by atoms with Gasteiger partial charge in [0.2, 0.25) is 5.88 Å². The van der Waals surface area contributed by atoms with Crippen molar-refractivity contribution in [1.82, 2.24) is 15.6 Å². The summed E-state index contributed by atoms with van der Waals surface area (Å²) < 4.78 is 5.58. The van der Waals surface area contributed by atoms with Gasteiger partial charge in [0.25, 0.3) is 0 Å². The molecule has 0 aromatic carbocycles. The van der Waals surface area contributed by atoms with Gasteiger partial charge in [0.15, 0.2) is 5.96 Å². The van der Waals surface area contributed by atoms with E-state index in [0.717, 1.165) is 31.0 Å². The standard InChI is InChI=1S/C21H36N4O2.HI/c1-4-22-20(25-16-21(12-13-26)10-6-5-7-11-21)24-15-18-8-9-19(23-14-18)27-17(2)3;/h8-9,14,17,26H,4-7,10-13,15-16H2,1-3H3,(H2,22,24,25);1H. The molecule has 0 spiro atoms. The van der Waals surface area contributed by atoms with Crippen molar-refractivity contribution in [1.29, 1.82) is 0 Å². The van der Waals surface area contributed by atoms with Crippen LogP contribution in [0.15, 0.2) is 23.3 Å². The Labute approximate surface area is 187 Å². The molecule has 1 heterocycles. The van der Waals surface area contributed by atoms with Crippen molar-refractivity contribution in [2.24, 2.45) is 10.4 Å². The van der Waals surface area contributed by atoms with Gasteiger partial charge in [0.1, 0.15) is 0 Å². The Bertz CT molecular complexity index is 567. The molecule has 2 rings (SSSR count). The summed E-state index contributed by atoms with van der Waals surface area (Å²) >= 11 is 0. The molecule has 1 fully saturated rings. The number of guanidine groups is 1. The van der Waals surface area contributed by atoms with Crippen LogP contribution >= 0.6 is 24.0 Å². The van der Waals surface area contributed by atoms with Crippen LogP contribution in [0.2, 0.25) is 0 Å². The molecule has 1 aromatic rings. The third-order valence-corrected chi connectivity index (χ3v) is 5.11. The molecule has 28 heavy (non-hydrogen) atoms. The van der Waals surface area contributed by atoms with Gasteiger partial charge in [-0.3, -0.25) is 0 Å². The lowest BCUT2D eigenvalue weighted by molar-refractivity contribution is 0.131. The third-order valence-electron chi connectivity index (χ3n) is 5.11. The highest BCUT2D eigenvalue weighted by Crippen LogP contribution is 2.38. The number of ether oxygens (including phenoxy) is 1. The van der Waals surface area contributed by atoms with Crippen LogP contribution in [0, 0.1) is 5.41 Å². The molecule has 1 aromatic heterocycles. The van der Waals surface area contributed by atoms with E-state index in [4.69, 9.17) is 9.73 Å².